The normalized spacial score (nSPS) is 28.8. The second-order valence-corrected chi connectivity index (χ2v) is 6.50. The summed E-state index contributed by atoms with van der Waals surface area (Å²) in [4.78, 5) is 14.5. The van der Waals surface area contributed by atoms with E-state index in [-0.39, 0.29) is 23.8 Å². The summed E-state index contributed by atoms with van der Waals surface area (Å²) in [5, 5.41) is 1.12. The fraction of sp³-hybridized carbons (Fsp3) is 0.533. The third-order valence-corrected chi connectivity index (χ3v) is 5.15. The zero-order valence-electron chi connectivity index (χ0n) is 11.2. The van der Waals surface area contributed by atoms with E-state index in [0.29, 0.717) is 16.6 Å². The largest absolute Gasteiger partial charge is 0.338 e. The molecule has 1 aromatic rings. The Balaban J connectivity index is 1.69. The van der Waals surface area contributed by atoms with E-state index in [1.807, 2.05) is 17.0 Å². The molecule has 2 N–H and O–H groups in total. The highest BCUT2D eigenvalue weighted by Gasteiger charge is 2.47. The molecule has 3 atom stereocenters. The molecule has 1 amide bonds. The first-order valence-electron chi connectivity index (χ1n) is 7.07. The summed E-state index contributed by atoms with van der Waals surface area (Å²) < 4.78 is 0. The van der Waals surface area contributed by atoms with Gasteiger partial charge in [-0.1, -0.05) is 29.3 Å². The second-order valence-electron chi connectivity index (χ2n) is 5.69. The van der Waals surface area contributed by atoms with E-state index in [2.05, 4.69) is 0 Å². The molecule has 0 aromatic heterocycles. The molecule has 3 rings (SSSR count). The van der Waals surface area contributed by atoms with Gasteiger partial charge in [-0.25, -0.2) is 0 Å². The summed E-state index contributed by atoms with van der Waals surface area (Å²) in [6.07, 6.45) is 3.01. The maximum absolute atomic E-state index is 12.5. The number of likely N-dealkylation sites (tertiary alicyclic amines) is 1. The first-order chi connectivity index (χ1) is 9.61. The highest BCUT2D eigenvalue weighted by atomic mass is 35.5. The van der Waals surface area contributed by atoms with Crippen molar-refractivity contribution in [2.75, 3.05) is 13.1 Å². The van der Waals surface area contributed by atoms with Crippen LogP contribution in [-0.2, 0) is 4.79 Å². The molecule has 0 bridgehead atoms. The zero-order chi connectivity index (χ0) is 14.3. The van der Waals surface area contributed by atoms with Gasteiger partial charge in [-0.2, -0.15) is 0 Å². The van der Waals surface area contributed by atoms with Crippen LogP contribution in [0.1, 0.15) is 30.7 Å². The summed E-state index contributed by atoms with van der Waals surface area (Å²) in [5.74, 6) is 0.643. The molecular weight excluding hydrogens is 295 g/mol. The average Bonchev–Trinajstić information content (AvgIpc) is 3.10. The third-order valence-electron chi connectivity index (χ3n) is 4.41. The van der Waals surface area contributed by atoms with Crippen molar-refractivity contribution >= 4 is 29.1 Å². The van der Waals surface area contributed by atoms with E-state index in [1.54, 1.807) is 6.07 Å². The van der Waals surface area contributed by atoms with Crippen molar-refractivity contribution in [2.24, 2.45) is 11.7 Å². The van der Waals surface area contributed by atoms with E-state index in [9.17, 15) is 4.79 Å². The molecule has 0 spiro atoms. The predicted molar refractivity (Wildman–Crippen MR) is 81.1 cm³/mol. The van der Waals surface area contributed by atoms with Crippen LogP contribution in [0.25, 0.3) is 0 Å². The quantitative estimate of drug-likeness (QED) is 0.932. The van der Waals surface area contributed by atoms with Crippen molar-refractivity contribution in [1.82, 2.24) is 4.90 Å². The molecule has 20 heavy (non-hydrogen) atoms. The average molecular weight is 313 g/mol. The molecule has 1 aliphatic carbocycles. The molecule has 1 aromatic carbocycles. The maximum Gasteiger partial charge on any atom is 0.226 e. The Labute approximate surface area is 129 Å². The molecule has 108 valence electrons. The maximum atomic E-state index is 12.5. The Kier molecular flexibility index (Phi) is 3.93. The number of hydrogen-bond acceptors (Lipinski definition) is 2. The van der Waals surface area contributed by atoms with Crippen LogP contribution in [0.4, 0.5) is 0 Å². The van der Waals surface area contributed by atoms with Crippen LogP contribution >= 0.6 is 23.2 Å². The summed E-state index contributed by atoms with van der Waals surface area (Å²) in [6.45, 7) is 1.42. The Bertz CT molecular complexity index is 535. The van der Waals surface area contributed by atoms with Gasteiger partial charge in [0.1, 0.15) is 0 Å². The van der Waals surface area contributed by atoms with Crippen molar-refractivity contribution < 1.29 is 4.79 Å². The molecule has 3 nitrogen and oxygen atoms in total. The minimum atomic E-state index is 0.0967. The minimum absolute atomic E-state index is 0.0967. The summed E-state index contributed by atoms with van der Waals surface area (Å²) in [6, 6.07) is 5.89. The van der Waals surface area contributed by atoms with Crippen LogP contribution in [0.3, 0.4) is 0 Å². The number of nitrogens with two attached hydrogens (primary N) is 1. The first kappa shape index (κ1) is 14.2. The van der Waals surface area contributed by atoms with Gasteiger partial charge >= 0.3 is 0 Å². The Morgan fingerprint density at radius 3 is 2.85 bits per heavy atom. The van der Waals surface area contributed by atoms with Crippen LogP contribution in [0.2, 0.25) is 10.0 Å². The van der Waals surface area contributed by atoms with Crippen LogP contribution < -0.4 is 5.73 Å². The molecular formula is C15H18Cl2N2O. The van der Waals surface area contributed by atoms with E-state index in [0.717, 1.165) is 31.4 Å². The SMILES string of the molecule is NC[C@@H]1CCCN1C(=O)[C@H]1C[C@@H]1c1ccc(Cl)c(Cl)c1. The van der Waals surface area contributed by atoms with Gasteiger partial charge in [0.15, 0.2) is 0 Å². The van der Waals surface area contributed by atoms with Gasteiger partial charge < -0.3 is 10.6 Å². The number of benzene rings is 1. The van der Waals surface area contributed by atoms with Gasteiger partial charge in [0.2, 0.25) is 5.91 Å². The Morgan fingerprint density at radius 1 is 1.35 bits per heavy atom. The lowest BCUT2D eigenvalue weighted by Crippen LogP contribution is -2.40. The topological polar surface area (TPSA) is 46.3 Å². The van der Waals surface area contributed by atoms with Crippen molar-refractivity contribution in [3.63, 3.8) is 0 Å². The van der Waals surface area contributed by atoms with Gasteiger partial charge in [-0.3, -0.25) is 4.79 Å². The second kappa shape index (κ2) is 5.55. The lowest BCUT2D eigenvalue weighted by Gasteiger charge is -2.23. The molecule has 2 aliphatic rings. The molecule has 0 unspecified atom stereocenters. The number of carbonyl (C=O) groups is 1. The number of amides is 1. The lowest BCUT2D eigenvalue weighted by molar-refractivity contribution is -0.133. The summed E-state index contributed by atoms with van der Waals surface area (Å²) in [7, 11) is 0. The minimum Gasteiger partial charge on any atom is -0.338 e. The van der Waals surface area contributed by atoms with Crippen LogP contribution in [0.15, 0.2) is 18.2 Å². The van der Waals surface area contributed by atoms with Gasteiger partial charge in [0, 0.05) is 25.0 Å². The van der Waals surface area contributed by atoms with Crippen LogP contribution in [0.5, 0.6) is 0 Å². The molecule has 5 heteroatoms. The standard InChI is InChI=1S/C15H18Cl2N2O/c16-13-4-3-9(6-14(13)17)11-7-12(11)15(20)19-5-1-2-10(19)8-18/h3-4,6,10-12H,1-2,5,7-8,18H2/t10-,11+,12-/m0/s1. The number of nitrogens with zero attached hydrogens (tertiary/aromatic N) is 1. The number of rotatable bonds is 3. The Hall–Kier alpha value is -0.770. The fourth-order valence-electron chi connectivity index (χ4n) is 3.16. The van der Waals surface area contributed by atoms with Crippen molar-refractivity contribution in [2.45, 2.75) is 31.2 Å². The smallest absolute Gasteiger partial charge is 0.226 e. The molecule has 0 radical (unpaired) electrons. The fourth-order valence-corrected chi connectivity index (χ4v) is 3.47. The van der Waals surface area contributed by atoms with Crippen LogP contribution in [-0.4, -0.2) is 29.9 Å². The van der Waals surface area contributed by atoms with Crippen molar-refractivity contribution in [3.05, 3.63) is 33.8 Å². The van der Waals surface area contributed by atoms with E-state index in [1.165, 1.54) is 0 Å². The summed E-state index contributed by atoms with van der Waals surface area (Å²) in [5.41, 5.74) is 6.85. The van der Waals surface area contributed by atoms with Gasteiger partial charge in [0.25, 0.3) is 0 Å². The van der Waals surface area contributed by atoms with Crippen molar-refractivity contribution in [3.8, 4) is 0 Å². The number of carbonyl (C=O) groups excluding carboxylic acids is 1. The van der Waals surface area contributed by atoms with E-state index < -0.39 is 0 Å². The predicted octanol–water partition coefficient (Wildman–Crippen LogP) is 3.05. The van der Waals surface area contributed by atoms with E-state index >= 15 is 0 Å². The van der Waals surface area contributed by atoms with Gasteiger partial charge in [-0.15, -0.1) is 0 Å². The van der Waals surface area contributed by atoms with Gasteiger partial charge in [-0.05, 0) is 42.9 Å². The first-order valence-corrected chi connectivity index (χ1v) is 7.83. The zero-order valence-corrected chi connectivity index (χ0v) is 12.7. The molecule has 1 aliphatic heterocycles. The van der Waals surface area contributed by atoms with Crippen molar-refractivity contribution in [1.29, 1.82) is 0 Å². The summed E-state index contributed by atoms with van der Waals surface area (Å²) >= 11 is 12.0. The molecule has 1 saturated carbocycles. The Morgan fingerprint density at radius 2 is 2.15 bits per heavy atom. The molecule has 1 heterocycles. The monoisotopic (exact) mass is 312 g/mol. The molecule has 2 fully saturated rings. The highest BCUT2D eigenvalue weighted by molar-refractivity contribution is 6.42. The third kappa shape index (κ3) is 2.54. The van der Waals surface area contributed by atoms with Gasteiger partial charge in [0.05, 0.1) is 10.0 Å². The lowest BCUT2D eigenvalue weighted by atomic mass is 10.1. The van der Waals surface area contributed by atoms with Crippen LogP contribution in [0, 0.1) is 5.92 Å². The number of halogens is 2. The highest BCUT2D eigenvalue weighted by Crippen LogP contribution is 2.49. The van der Waals surface area contributed by atoms with E-state index in [4.69, 9.17) is 28.9 Å². The number of hydrogen-bond donors (Lipinski definition) is 1. The molecule has 1 saturated heterocycles.